The third kappa shape index (κ3) is 4.15. The zero-order valence-corrected chi connectivity index (χ0v) is 21.8. The maximum absolute atomic E-state index is 13.2. The summed E-state index contributed by atoms with van der Waals surface area (Å²) in [5.41, 5.74) is -0.432. The lowest BCUT2D eigenvalue weighted by Crippen LogP contribution is -2.65. The van der Waals surface area contributed by atoms with Gasteiger partial charge in [-0.2, -0.15) is 0 Å². The van der Waals surface area contributed by atoms with Crippen LogP contribution in [0.3, 0.4) is 0 Å². The molecule has 0 radical (unpaired) electrons. The van der Waals surface area contributed by atoms with Crippen LogP contribution in [0.2, 0.25) is 0 Å². The zero-order chi connectivity index (χ0) is 24.5. The molecule has 0 aromatic heterocycles. The van der Waals surface area contributed by atoms with Crippen LogP contribution in [0.5, 0.6) is 0 Å². The summed E-state index contributed by atoms with van der Waals surface area (Å²) in [6.07, 6.45) is 4.88. The van der Waals surface area contributed by atoms with Gasteiger partial charge < -0.3 is 29.2 Å². The molecule has 2 bridgehead atoms. The summed E-state index contributed by atoms with van der Waals surface area (Å²) in [5.74, 6) is 1.32. The topological polar surface area (TPSA) is 80.3 Å². The molecule has 9 heteroatoms. The molecule has 3 heterocycles. The van der Waals surface area contributed by atoms with Gasteiger partial charge in [0.1, 0.15) is 5.60 Å². The van der Waals surface area contributed by atoms with Gasteiger partial charge in [-0.25, -0.2) is 4.79 Å². The van der Waals surface area contributed by atoms with Gasteiger partial charge in [0.05, 0.1) is 24.2 Å². The van der Waals surface area contributed by atoms with Crippen molar-refractivity contribution in [2.45, 2.75) is 103 Å². The lowest BCUT2D eigenvalue weighted by Gasteiger charge is -2.64. The molecular weight excluding hydrogens is 433 g/mol. The lowest BCUT2D eigenvalue weighted by atomic mass is 9.43. The van der Waals surface area contributed by atoms with E-state index in [1.165, 1.54) is 6.42 Å². The Balaban J connectivity index is 1.13. The van der Waals surface area contributed by atoms with Crippen molar-refractivity contribution >= 4 is 19.1 Å². The molecule has 34 heavy (non-hydrogen) atoms. The molecule has 1 N–H and O–H groups in total. The third-order valence-electron chi connectivity index (χ3n) is 9.28. The highest BCUT2D eigenvalue weighted by Crippen LogP contribution is 2.65. The van der Waals surface area contributed by atoms with Crippen molar-refractivity contribution in [2.24, 2.45) is 17.3 Å². The summed E-state index contributed by atoms with van der Waals surface area (Å²) < 4.78 is 18.6. The van der Waals surface area contributed by atoms with Crippen LogP contribution in [0.4, 0.5) is 4.79 Å². The molecule has 3 saturated carbocycles. The van der Waals surface area contributed by atoms with Gasteiger partial charge in [0.15, 0.2) is 0 Å². The van der Waals surface area contributed by atoms with Crippen molar-refractivity contribution in [3.8, 4) is 0 Å². The molecule has 8 nitrogen and oxygen atoms in total. The Morgan fingerprint density at radius 3 is 2.62 bits per heavy atom. The quantitative estimate of drug-likeness (QED) is 0.630. The number of rotatable bonds is 4. The Bertz CT molecular complexity index is 832. The van der Waals surface area contributed by atoms with E-state index >= 15 is 0 Å². The number of nitrogens with zero attached hydrogens (tertiary/aromatic N) is 2. The van der Waals surface area contributed by atoms with Gasteiger partial charge in [-0.05, 0) is 77.0 Å². The Hall–Kier alpha value is -1.32. The number of ether oxygens (including phenoxy) is 1. The first-order chi connectivity index (χ1) is 15.9. The summed E-state index contributed by atoms with van der Waals surface area (Å²) in [5, 5.41) is 3.38. The third-order valence-corrected chi connectivity index (χ3v) is 9.28. The molecule has 6 aliphatic rings. The number of hydrogen-bond acceptors (Lipinski definition) is 6. The fourth-order valence-electron chi connectivity index (χ4n) is 7.20. The predicted octanol–water partition coefficient (Wildman–Crippen LogP) is 2.84. The van der Waals surface area contributed by atoms with Gasteiger partial charge in [0.2, 0.25) is 5.91 Å². The fourth-order valence-corrected chi connectivity index (χ4v) is 7.20. The van der Waals surface area contributed by atoms with E-state index in [0.717, 1.165) is 38.1 Å². The van der Waals surface area contributed by atoms with Crippen LogP contribution in [0.1, 0.15) is 73.6 Å². The van der Waals surface area contributed by atoms with Gasteiger partial charge in [-0.1, -0.05) is 13.8 Å². The molecule has 0 aromatic rings. The van der Waals surface area contributed by atoms with Crippen LogP contribution < -0.4 is 5.32 Å². The van der Waals surface area contributed by atoms with E-state index in [2.05, 4.69) is 26.1 Å². The summed E-state index contributed by atoms with van der Waals surface area (Å²) in [6, 6.07) is 0.104. The summed E-state index contributed by atoms with van der Waals surface area (Å²) in [6.45, 7) is 14.8. The molecule has 3 aliphatic carbocycles. The van der Waals surface area contributed by atoms with Crippen molar-refractivity contribution in [3.63, 3.8) is 0 Å². The largest absolute Gasteiger partial charge is 0.481 e. The van der Waals surface area contributed by atoms with Crippen molar-refractivity contribution in [1.29, 1.82) is 0 Å². The van der Waals surface area contributed by atoms with E-state index in [0.29, 0.717) is 24.4 Å². The highest BCUT2D eigenvalue weighted by atomic mass is 16.7. The number of carbonyl (C=O) groups excluding carboxylic acids is 2. The molecule has 6 fully saturated rings. The molecule has 2 amide bonds. The lowest BCUT2D eigenvalue weighted by molar-refractivity contribution is -0.199. The van der Waals surface area contributed by atoms with Crippen molar-refractivity contribution in [2.75, 3.05) is 26.2 Å². The van der Waals surface area contributed by atoms with Gasteiger partial charge in [-0.15, -0.1) is 0 Å². The smallest absolute Gasteiger partial charge is 0.444 e. The molecule has 0 spiro atoms. The maximum Gasteiger partial charge on any atom is 0.481 e. The van der Waals surface area contributed by atoms with E-state index in [1.54, 1.807) is 4.90 Å². The Kier molecular flexibility index (Phi) is 6.01. The van der Waals surface area contributed by atoms with E-state index < -0.39 is 5.60 Å². The minimum absolute atomic E-state index is 0.0149. The molecular formula is C25H42BN3O5. The van der Waals surface area contributed by atoms with Crippen molar-refractivity contribution in [1.82, 2.24) is 15.1 Å². The second kappa shape index (κ2) is 8.37. The zero-order valence-electron chi connectivity index (χ0n) is 21.8. The van der Waals surface area contributed by atoms with E-state index in [-0.39, 0.29) is 49.4 Å². The maximum atomic E-state index is 13.2. The summed E-state index contributed by atoms with van der Waals surface area (Å²) in [7, 11) is -0.328. The number of hydrogen-bond donors (Lipinski definition) is 1. The monoisotopic (exact) mass is 475 g/mol. The highest BCUT2D eigenvalue weighted by Gasteiger charge is 2.69. The molecule has 0 aromatic carbocycles. The average molecular weight is 475 g/mol. The van der Waals surface area contributed by atoms with Crippen LogP contribution >= 0.6 is 0 Å². The standard InChI is InChI=1S/C25H42BN3O5/c1-23(2,3)32-22(31)28-11-9-17(15-28)27-14-21(30)29-10-7-8-20(29)26-33-19-13-16-12-18(24(16,4)5)25(19,6)34-26/h16-20,27H,7-15H2,1-6H3/t16-,17+,18-,19+,20-,25-/m0/s1. The fraction of sp³-hybridized carbons (Fsp3) is 0.920. The van der Waals surface area contributed by atoms with Crippen molar-refractivity contribution < 1.29 is 23.6 Å². The number of nitrogens with one attached hydrogen (secondary N) is 1. The molecule has 6 rings (SSSR count). The van der Waals surface area contributed by atoms with Crippen LogP contribution in [0.15, 0.2) is 0 Å². The van der Waals surface area contributed by atoms with Crippen molar-refractivity contribution in [3.05, 3.63) is 0 Å². The highest BCUT2D eigenvalue weighted by molar-refractivity contribution is 6.48. The van der Waals surface area contributed by atoms with E-state index in [9.17, 15) is 9.59 Å². The van der Waals surface area contributed by atoms with Gasteiger partial charge in [0, 0.05) is 25.7 Å². The SMILES string of the molecule is CC(C)(C)OC(=O)N1CC[C@@H](NCC(=O)N2CCC[C@H]2B2O[C@@H]3C[C@@H]4C[C@@H](C4(C)C)[C@]3(C)O2)C1. The minimum atomic E-state index is -0.502. The molecule has 0 unspecified atom stereocenters. The first-order valence-corrected chi connectivity index (χ1v) is 13.2. The van der Waals surface area contributed by atoms with E-state index in [4.69, 9.17) is 14.0 Å². The second-order valence-electron chi connectivity index (χ2n) is 12.9. The predicted molar refractivity (Wildman–Crippen MR) is 129 cm³/mol. The first kappa shape index (κ1) is 24.4. The normalized spacial score (nSPS) is 38.6. The Morgan fingerprint density at radius 1 is 1.15 bits per heavy atom. The Labute approximate surface area is 204 Å². The van der Waals surface area contributed by atoms with Gasteiger partial charge in [-0.3, -0.25) is 4.79 Å². The minimum Gasteiger partial charge on any atom is -0.444 e. The average Bonchev–Trinajstić information content (AvgIpc) is 3.47. The number of likely N-dealkylation sites (tertiary alicyclic amines) is 2. The Morgan fingerprint density at radius 2 is 1.91 bits per heavy atom. The van der Waals surface area contributed by atoms with E-state index in [1.807, 2.05) is 25.7 Å². The van der Waals surface area contributed by atoms with Crippen LogP contribution in [0.25, 0.3) is 0 Å². The second-order valence-corrected chi connectivity index (χ2v) is 12.9. The van der Waals surface area contributed by atoms with Crippen LogP contribution in [0, 0.1) is 17.3 Å². The summed E-state index contributed by atoms with van der Waals surface area (Å²) in [4.78, 5) is 29.2. The van der Waals surface area contributed by atoms with Crippen LogP contribution in [-0.2, 0) is 18.8 Å². The molecule has 3 aliphatic heterocycles. The van der Waals surface area contributed by atoms with Crippen LogP contribution in [-0.4, -0.2) is 84.4 Å². The molecule has 3 saturated heterocycles. The molecule has 6 atom stereocenters. The number of carbonyl (C=O) groups is 2. The summed E-state index contributed by atoms with van der Waals surface area (Å²) >= 11 is 0. The number of amides is 2. The van der Waals surface area contributed by atoms with Gasteiger partial charge in [0.25, 0.3) is 0 Å². The molecule has 190 valence electrons. The van der Waals surface area contributed by atoms with Gasteiger partial charge >= 0.3 is 13.2 Å². The first-order valence-electron chi connectivity index (χ1n) is 13.2.